The van der Waals surface area contributed by atoms with Crippen LogP contribution < -0.4 is 10.2 Å². The van der Waals surface area contributed by atoms with E-state index in [1.165, 1.54) is 18.2 Å². The van der Waals surface area contributed by atoms with Gasteiger partial charge < -0.3 is 15.0 Å². The predicted molar refractivity (Wildman–Crippen MR) is 82.3 cm³/mol. The zero-order chi connectivity index (χ0) is 16.3. The molecule has 7 nitrogen and oxygen atoms in total. The van der Waals surface area contributed by atoms with E-state index in [0.29, 0.717) is 12.2 Å². The van der Waals surface area contributed by atoms with Crippen LogP contribution in [0.2, 0.25) is 5.02 Å². The Morgan fingerprint density at radius 3 is 2.64 bits per heavy atom. The Kier molecular flexibility index (Phi) is 5.33. The number of rotatable bonds is 4. The average Bonchev–Trinajstić information content (AvgIpc) is 2.39. The Labute approximate surface area is 133 Å². The number of non-ortho nitro benzene ring substituents is 1. The van der Waals surface area contributed by atoms with Gasteiger partial charge in [-0.15, -0.1) is 0 Å². The first kappa shape index (κ1) is 16.7. The van der Waals surface area contributed by atoms with Crippen LogP contribution in [0.3, 0.4) is 0 Å². The van der Waals surface area contributed by atoms with Gasteiger partial charge in [0.1, 0.15) is 25.3 Å². The predicted octanol–water partition coefficient (Wildman–Crippen LogP) is 0.879. The van der Waals surface area contributed by atoms with E-state index in [9.17, 15) is 14.9 Å². The van der Waals surface area contributed by atoms with E-state index in [1.807, 2.05) is 13.8 Å². The SMILES string of the molecule is C[C@@H]1C[NH+](CC(=O)Nc2ccc([N+](=O)[O-])cc2Cl)C[C@@H](C)O1. The Bertz CT molecular complexity index is 571. The number of benzene rings is 1. The molecule has 22 heavy (non-hydrogen) atoms. The summed E-state index contributed by atoms with van der Waals surface area (Å²) in [5.41, 5.74) is 0.274. The molecule has 1 saturated heterocycles. The molecule has 1 amide bonds. The molecule has 2 atom stereocenters. The standard InChI is InChI=1S/C14H18ClN3O4/c1-9-6-17(7-10(2)22-9)8-14(19)16-13-4-3-11(18(20)21)5-12(13)15/h3-5,9-10H,6-8H2,1-2H3,(H,16,19)/p+1/t9-,10-/m1/s1. The fraction of sp³-hybridized carbons (Fsp3) is 0.500. The van der Waals surface area contributed by atoms with Crippen molar-refractivity contribution in [3.63, 3.8) is 0 Å². The largest absolute Gasteiger partial charge is 0.364 e. The lowest BCUT2D eigenvalue weighted by atomic mass is 10.2. The smallest absolute Gasteiger partial charge is 0.279 e. The summed E-state index contributed by atoms with van der Waals surface area (Å²) >= 11 is 5.96. The van der Waals surface area contributed by atoms with Gasteiger partial charge in [-0.25, -0.2) is 0 Å². The molecule has 2 N–H and O–H groups in total. The number of nitro groups is 1. The number of amides is 1. The van der Waals surface area contributed by atoms with E-state index >= 15 is 0 Å². The maximum absolute atomic E-state index is 12.1. The normalized spacial score (nSPS) is 24.8. The zero-order valence-corrected chi connectivity index (χ0v) is 13.2. The molecule has 0 aliphatic carbocycles. The van der Waals surface area contributed by atoms with E-state index < -0.39 is 4.92 Å². The molecule has 2 rings (SSSR count). The average molecular weight is 329 g/mol. The molecule has 120 valence electrons. The topological polar surface area (TPSA) is 85.9 Å². The molecule has 8 heteroatoms. The molecule has 1 aliphatic heterocycles. The lowest BCUT2D eigenvalue weighted by molar-refractivity contribution is -0.907. The number of hydrogen-bond acceptors (Lipinski definition) is 4. The molecular formula is C14H19ClN3O4+. The molecule has 1 heterocycles. The summed E-state index contributed by atoms with van der Waals surface area (Å²) in [6.45, 7) is 5.82. The number of nitrogens with zero attached hydrogens (tertiary/aromatic N) is 1. The maximum Gasteiger partial charge on any atom is 0.279 e. The number of carbonyl (C=O) groups excluding carboxylic acids is 1. The van der Waals surface area contributed by atoms with Gasteiger partial charge in [-0.3, -0.25) is 14.9 Å². The van der Waals surface area contributed by atoms with Crippen molar-refractivity contribution in [1.29, 1.82) is 0 Å². The van der Waals surface area contributed by atoms with Gasteiger partial charge >= 0.3 is 0 Å². The van der Waals surface area contributed by atoms with Crippen molar-refractivity contribution < 1.29 is 19.4 Å². The number of nitrogens with one attached hydrogen (secondary N) is 2. The monoisotopic (exact) mass is 328 g/mol. The Morgan fingerprint density at radius 1 is 1.45 bits per heavy atom. The molecule has 0 spiro atoms. The van der Waals surface area contributed by atoms with Gasteiger partial charge in [-0.05, 0) is 19.9 Å². The van der Waals surface area contributed by atoms with Crippen LogP contribution in [0.15, 0.2) is 18.2 Å². The van der Waals surface area contributed by atoms with E-state index in [4.69, 9.17) is 16.3 Å². The quantitative estimate of drug-likeness (QED) is 0.634. The van der Waals surface area contributed by atoms with Crippen molar-refractivity contribution in [3.05, 3.63) is 33.3 Å². The molecule has 1 aliphatic rings. The van der Waals surface area contributed by atoms with Crippen LogP contribution >= 0.6 is 11.6 Å². The van der Waals surface area contributed by atoms with E-state index in [1.54, 1.807) is 0 Å². The van der Waals surface area contributed by atoms with Crippen molar-refractivity contribution in [2.75, 3.05) is 25.0 Å². The number of nitro benzene ring substituents is 1. The molecule has 1 aromatic carbocycles. The van der Waals surface area contributed by atoms with Crippen LogP contribution in [0.4, 0.5) is 11.4 Å². The minimum absolute atomic E-state index is 0.107. The van der Waals surface area contributed by atoms with E-state index in [2.05, 4.69) is 5.32 Å². The van der Waals surface area contributed by atoms with Gasteiger partial charge in [-0.2, -0.15) is 0 Å². The highest BCUT2D eigenvalue weighted by Gasteiger charge is 2.27. The second-order valence-corrected chi connectivity index (χ2v) is 5.97. The van der Waals surface area contributed by atoms with Gasteiger partial charge in [-0.1, -0.05) is 11.6 Å². The Balaban J connectivity index is 1.96. The van der Waals surface area contributed by atoms with Crippen LogP contribution in [-0.4, -0.2) is 42.7 Å². The molecule has 0 radical (unpaired) electrons. The molecule has 1 fully saturated rings. The van der Waals surface area contributed by atoms with Crippen LogP contribution in [0.1, 0.15) is 13.8 Å². The van der Waals surface area contributed by atoms with Gasteiger partial charge in [0.2, 0.25) is 0 Å². The van der Waals surface area contributed by atoms with Crippen LogP contribution in [0, 0.1) is 10.1 Å². The summed E-state index contributed by atoms with van der Waals surface area (Å²) in [6, 6.07) is 3.98. The molecular weight excluding hydrogens is 310 g/mol. The van der Waals surface area contributed by atoms with Crippen molar-refractivity contribution in [2.24, 2.45) is 0 Å². The first-order valence-corrected chi connectivity index (χ1v) is 7.45. The second-order valence-electron chi connectivity index (χ2n) is 5.56. The van der Waals surface area contributed by atoms with Crippen molar-refractivity contribution in [2.45, 2.75) is 26.1 Å². The summed E-state index contributed by atoms with van der Waals surface area (Å²) in [5.74, 6) is -0.174. The third-order valence-corrected chi connectivity index (χ3v) is 3.78. The van der Waals surface area contributed by atoms with Gasteiger partial charge in [0.25, 0.3) is 11.6 Å². The summed E-state index contributed by atoms with van der Waals surface area (Å²) in [5, 5.41) is 13.5. The number of carbonyl (C=O) groups is 1. The number of ether oxygens (including phenoxy) is 1. The molecule has 0 unspecified atom stereocenters. The number of hydrogen-bond donors (Lipinski definition) is 2. The highest BCUT2D eigenvalue weighted by atomic mass is 35.5. The van der Waals surface area contributed by atoms with Crippen LogP contribution in [0.5, 0.6) is 0 Å². The molecule has 1 aromatic rings. The number of morpholine rings is 1. The Morgan fingerprint density at radius 2 is 2.09 bits per heavy atom. The van der Waals surface area contributed by atoms with E-state index in [-0.39, 0.29) is 28.8 Å². The maximum atomic E-state index is 12.1. The fourth-order valence-corrected chi connectivity index (χ4v) is 2.90. The zero-order valence-electron chi connectivity index (χ0n) is 12.5. The minimum Gasteiger partial charge on any atom is -0.364 e. The van der Waals surface area contributed by atoms with Gasteiger partial charge in [0.15, 0.2) is 6.54 Å². The molecule has 0 aromatic heterocycles. The molecule has 0 bridgehead atoms. The highest BCUT2D eigenvalue weighted by molar-refractivity contribution is 6.33. The number of quaternary nitrogens is 1. The lowest BCUT2D eigenvalue weighted by Gasteiger charge is -2.31. The van der Waals surface area contributed by atoms with E-state index in [0.717, 1.165) is 18.0 Å². The lowest BCUT2D eigenvalue weighted by Crippen LogP contribution is -3.16. The van der Waals surface area contributed by atoms with Crippen molar-refractivity contribution in [1.82, 2.24) is 0 Å². The first-order valence-electron chi connectivity index (χ1n) is 7.08. The highest BCUT2D eigenvalue weighted by Crippen LogP contribution is 2.26. The fourth-order valence-electron chi connectivity index (χ4n) is 2.67. The first-order chi connectivity index (χ1) is 10.3. The van der Waals surface area contributed by atoms with Gasteiger partial charge in [0.05, 0.1) is 15.6 Å². The molecule has 0 saturated carbocycles. The summed E-state index contributed by atoms with van der Waals surface area (Å²) in [4.78, 5) is 23.4. The van der Waals surface area contributed by atoms with Crippen LogP contribution in [-0.2, 0) is 9.53 Å². The third-order valence-electron chi connectivity index (χ3n) is 3.47. The van der Waals surface area contributed by atoms with Crippen LogP contribution in [0.25, 0.3) is 0 Å². The second kappa shape index (κ2) is 7.04. The number of halogens is 1. The van der Waals surface area contributed by atoms with Gasteiger partial charge in [0, 0.05) is 12.1 Å². The Hall–Kier alpha value is -1.70. The van der Waals surface area contributed by atoms with Crippen molar-refractivity contribution >= 4 is 28.9 Å². The number of anilines is 1. The summed E-state index contributed by atoms with van der Waals surface area (Å²) < 4.78 is 5.63. The summed E-state index contributed by atoms with van der Waals surface area (Å²) in [6.07, 6.45) is 0.240. The summed E-state index contributed by atoms with van der Waals surface area (Å²) in [7, 11) is 0. The minimum atomic E-state index is -0.530. The third kappa shape index (κ3) is 4.40. The van der Waals surface area contributed by atoms with Crippen molar-refractivity contribution in [3.8, 4) is 0 Å².